The van der Waals surface area contributed by atoms with Crippen molar-refractivity contribution in [3.05, 3.63) is 35.4 Å². The quantitative estimate of drug-likeness (QED) is 0.423. The maximum absolute atomic E-state index is 12.6. The third-order valence-electron chi connectivity index (χ3n) is 4.89. The molecule has 9 heteroatoms. The van der Waals surface area contributed by atoms with Crippen LogP contribution in [0.3, 0.4) is 0 Å². The van der Waals surface area contributed by atoms with Crippen molar-refractivity contribution in [2.75, 3.05) is 56.9 Å². The first kappa shape index (κ1) is 26.2. The van der Waals surface area contributed by atoms with Gasteiger partial charge in [-0.3, -0.25) is 4.79 Å². The summed E-state index contributed by atoms with van der Waals surface area (Å²) >= 11 is 0. The number of carbonyl (C=O) groups excluding carboxylic acids is 1. The van der Waals surface area contributed by atoms with Crippen LogP contribution < -0.4 is 37.9 Å². The Morgan fingerprint density at radius 3 is 1.09 bits per heavy atom. The number of benzene rings is 2. The number of ketones is 1. The second-order valence-corrected chi connectivity index (χ2v) is 6.60. The number of hydrogen-bond acceptors (Lipinski definition) is 9. The first-order chi connectivity index (χ1) is 16.4. The third kappa shape index (κ3) is 5.31. The van der Waals surface area contributed by atoms with E-state index in [0.717, 1.165) is 0 Å². The summed E-state index contributed by atoms with van der Waals surface area (Å²) < 4.78 is 43.3. The molecule has 0 aliphatic rings. The molecule has 0 N–H and O–H groups in total. The van der Waals surface area contributed by atoms with E-state index in [0.29, 0.717) is 57.1 Å². The van der Waals surface area contributed by atoms with Gasteiger partial charge < -0.3 is 37.9 Å². The summed E-state index contributed by atoms with van der Waals surface area (Å²) in [6.45, 7) is 0. The molecule has 0 fully saturated rings. The lowest BCUT2D eigenvalue weighted by molar-refractivity contribution is -0.110. The number of hydrogen-bond donors (Lipinski definition) is 0. The fraction of sp³-hybridized carbons (Fsp3) is 0.320. The molecular weight excluding hydrogens is 444 g/mol. The molecule has 2 aromatic rings. The molecule has 0 amide bonds. The predicted molar refractivity (Wildman–Crippen MR) is 128 cm³/mol. The van der Waals surface area contributed by atoms with Crippen molar-refractivity contribution < 1.29 is 42.7 Å². The number of allylic oxidation sites excluding steroid dienone is 2. The highest BCUT2D eigenvalue weighted by atomic mass is 16.6. The zero-order valence-electron chi connectivity index (χ0n) is 20.6. The molecule has 184 valence electrons. The van der Waals surface area contributed by atoms with Crippen molar-refractivity contribution in [1.29, 1.82) is 0 Å². The van der Waals surface area contributed by atoms with Gasteiger partial charge in [0, 0.05) is 11.1 Å². The van der Waals surface area contributed by atoms with E-state index in [1.807, 2.05) is 0 Å². The average molecular weight is 475 g/mol. The Hall–Kier alpha value is -4.01. The van der Waals surface area contributed by atoms with E-state index < -0.39 is 0 Å². The largest absolute Gasteiger partial charge is 0.493 e. The van der Waals surface area contributed by atoms with Crippen LogP contribution in [-0.4, -0.2) is 62.7 Å². The minimum atomic E-state index is -0.286. The molecule has 0 heterocycles. The van der Waals surface area contributed by atoms with E-state index in [1.54, 1.807) is 24.3 Å². The molecule has 0 saturated heterocycles. The van der Waals surface area contributed by atoms with E-state index in [9.17, 15) is 4.79 Å². The Morgan fingerprint density at radius 2 is 0.824 bits per heavy atom. The summed E-state index contributed by atoms with van der Waals surface area (Å²) in [5, 5.41) is 0. The van der Waals surface area contributed by atoms with Crippen molar-refractivity contribution in [2.24, 2.45) is 0 Å². The van der Waals surface area contributed by atoms with E-state index >= 15 is 0 Å². The Kier molecular flexibility index (Phi) is 9.49. The second kappa shape index (κ2) is 12.3. The fourth-order valence-electron chi connectivity index (χ4n) is 3.37. The maximum atomic E-state index is 12.6. The molecular formula is C25H30O9. The van der Waals surface area contributed by atoms with Gasteiger partial charge >= 0.3 is 0 Å². The molecule has 9 nitrogen and oxygen atoms in total. The molecule has 0 unspecified atom stereocenters. The average Bonchev–Trinajstić information content (AvgIpc) is 2.87. The van der Waals surface area contributed by atoms with Crippen molar-refractivity contribution in [3.8, 4) is 46.0 Å². The molecule has 0 saturated carbocycles. The summed E-state index contributed by atoms with van der Waals surface area (Å²) in [6.07, 6.45) is 5.99. The maximum Gasteiger partial charge on any atom is 0.207 e. The Balaban J connectivity index is 2.44. The van der Waals surface area contributed by atoms with Gasteiger partial charge in [-0.15, -0.1) is 0 Å². The van der Waals surface area contributed by atoms with Gasteiger partial charge in [0.05, 0.1) is 56.9 Å². The van der Waals surface area contributed by atoms with Crippen molar-refractivity contribution in [1.82, 2.24) is 0 Å². The minimum absolute atomic E-state index is 0.286. The number of methoxy groups -OCH3 is 8. The van der Waals surface area contributed by atoms with Crippen LogP contribution in [0.15, 0.2) is 24.3 Å². The van der Waals surface area contributed by atoms with E-state index in [2.05, 4.69) is 0 Å². The van der Waals surface area contributed by atoms with Crippen LogP contribution in [0.2, 0.25) is 0 Å². The minimum Gasteiger partial charge on any atom is -0.493 e. The molecule has 0 spiro atoms. The lowest BCUT2D eigenvalue weighted by atomic mass is 10.1. The number of rotatable bonds is 12. The second-order valence-electron chi connectivity index (χ2n) is 6.60. The van der Waals surface area contributed by atoms with Crippen molar-refractivity contribution >= 4 is 17.9 Å². The van der Waals surface area contributed by atoms with Gasteiger partial charge in [0.1, 0.15) is 0 Å². The van der Waals surface area contributed by atoms with Gasteiger partial charge in [-0.1, -0.05) is 0 Å². The lowest BCUT2D eigenvalue weighted by Crippen LogP contribution is -2.00. The molecule has 34 heavy (non-hydrogen) atoms. The molecule has 2 rings (SSSR count). The topological polar surface area (TPSA) is 90.9 Å². The first-order valence-corrected chi connectivity index (χ1v) is 10.1. The van der Waals surface area contributed by atoms with Crippen LogP contribution in [0.1, 0.15) is 11.1 Å². The zero-order chi connectivity index (χ0) is 25.3. The van der Waals surface area contributed by atoms with E-state index in [-0.39, 0.29) is 5.78 Å². The standard InChI is InChI=1S/C25H30O9/c1-27-18-13-15(20(29-3)24(33-7)22(18)31-5)9-11-17(26)12-10-16-14-19(28-2)23(32-6)25(34-8)21(16)30-4/h9-14H,1-8H3. The third-order valence-corrected chi connectivity index (χ3v) is 4.89. The highest BCUT2D eigenvalue weighted by Gasteiger charge is 2.21. The van der Waals surface area contributed by atoms with Crippen LogP contribution in [0.5, 0.6) is 46.0 Å². The van der Waals surface area contributed by atoms with Crippen molar-refractivity contribution in [3.63, 3.8) is 0 Å². The van der Waals surface area contributed by atoms with Crippen LogP contribution in [0, 0.1) is 0 Å². The van der Waals surface area contributed by atoms with Gasteiger partial charge in [-0.05, 0) is 36.4 Å². The molecule has 0 aliphatic heterocycles. The van der Waals surface area contributed by atoms with Crippen LogP contribution in [0.25, 0.3) is 12.2 Å². The Labute approximate surface area is 199 Å². The van der Waals surface area contributed by atoms with Crippen LogP contribution in [0.4, 0.5) is 0 Å². The highest BCUT2D eigenvalue weighted by molar-refractivity contribution is 6.05. The van der Waals surface area contributed by atoms with Gasteiger partial charge in [-0.2, -0.15) is 0 Å². The fourth-order valence-corrected chi connectivity index (χ4v) is 3.37. The predicted octanol–water partition coefficient (Wildman–Crippen LogP) is 4.05. The smallest absolute Gasteiger partial charge is 0.207 e. The summed E-state index contributed by atoms with van der Waals surface area (Å²) in [4.78, 5) is 12.6. The number of ether oxygens (including phenoxy) is 8. The zero-order valence-corrected chi connectivity index (χ0v) is 20.6. The van der Waals surface area contributed by atoms with E-state index in [4.69, 9.17) is 37.9 Å². The normalized spacial score (nSPS) is 10.8. The Morgan fingerprint density at radius 1 is 0.500 bits per heavy atom. The van der Waals surface area contributed by atoms with Crippen LogP contribution in [-0.2, 0) is 4.79 Å². The summed E-state index contributed by atoms with van der Waals surface area (Å²) in [5.41, 5.74) is 1.15. The SMILES string of the molecule is COc1cc(C=CC(=O)C=Cc2cc(OC)c(OC)c(OC)c2OC)c(OC)c(OC)c1OC. The van der Waals surface area contributed by atoms with Gasteiger partial charge in [0.15, 0.2) is 28.8 Å². The molecule has 0 atom stereocenters. The van der Waals surface area contributed by atoms with Gasteiger partial charge in [-0.25, -0.2) is 0 Å². The lowest BCUT2D eigenvalue weighted by Gasteiger charge is -2.17. The van der Waals surface area contributed by atoms with E-state index in [1.165, 1.54) is 69.0 Å². The Bertz CT molecular complexity index is 988. The highest BCUT2D eigenvalue weighted by Crippen LogP contribution is 2.48. The van der Waals surface area contributed by atoms with Gasteiger partial charge in [0.2, 0.25) is 23.0 Å². The number of carbonyl (C=O) groups is 1. The molecule has 2 aromatic carbocycles. The van der Waals surface area contributed by atoms with Crippen molar-refractivity contribution in [2.45, 2.75) is 0 Å². The summed E-state index contributed by atoms with van der Waals surface area (Å²) in [6, 6.07) is 3.38. The molecule has 0 radical (unpaired) electrons. The summed E-state index contributed by atoms with van der Waals surface area (Å²) in [5.74, 6) is 2.88. The molecule has 0 aliphatic carbocycles. The van der Waals surface area contributed by atoms with Gasteiger partial charge in [0.25, 0.3) is 0 Å². The van der Waals surface area contributed by atoms with Crippen LogP contribution >= 0.6 is 0 Å². The summed E-state index contributed by atoms with van der Waals surface area (Å²) in [7, 11) is 12.0. The first-order valence-electron chi connectivity index (χ1n) is 10.1. The monoisotopic (exact) mass is 474 g/mol. The molecule has 0 bridgehead atoms. The molecule has 0 aromatic heterocycles.